The third-order valence-corrected chi connectivity index (χ3v) is 1.42. The fourth-order valence-corrected chi connectivity index (χ4v) is 1.06. The quantitative estimate of drug-likeness (QED) is 0.701. The maximum Gasteiger partial charge on any atom is 0.134 e. The molecule has 0 spiro atoms. The van der Waals surface area contributed by atoms with Gasteiger partial charge in [0, 0.05) is 6.20 Å². The average molecular weight is 151 g/mol. The van der Waals surface area contributed by atoms with E-state index in [1.807, 2.05) is 0 Å². The summed E-state index contributed by atoms with van der Waals surface area (Å²) in [4.78, 5) is 3.89. The van der Waals surface area contributed by atoms with E-state index in [4.69, 9.17) is 5.11 Å². The molecule has 0 aromatic carbocycles. The van der Waals surface area contributed by atoms with E-state index in [-0.39, 0.29) is 5.75 Å². The molecule has 2 nitrogen and oxygen atoms in total. The fourth-order valence-electron chi connectivity index (χ4n) is 1.06. The molecule has 1 heterocycles. The normalized spacial score (nSPS) is 10.5. The van der Waals surface area contributed by atoms with Gasteiger partial charge in [-0.3, -0.25) is 4.98 Å². The van der Waals surface area contributed by atoms with Crippen LogP contribution < -0.4 is 0 Å². The van der Waals surface area contributed by atoms with Crippen LogP contribution in [-0.2, 0) is 6.42 Å². The minimum Gasteiger partial charge on any atom is -0.506 e. The highest BCUT2D eigenvalue weighted by Crippen LogP contribution is 2.12. The number of nitrogens with zero attached hydrogens (tertiary/aromatic N) is 1. The lowest BCUT2D eigenvalue weighted by Gasteiger charge is -2.03. The van der Waals surface area contributed by atoms with Crippen molar-refractivity contribution in [3.8, 4) is 5.75 Å². The van der Waals surface area contributed by atoms with Gasteiger partial charge in [-0.25, -0.2) is 0 Å². The van der Waals surface area contributed by atoms with Gasteiger partial charge in [0.05, 0.1) is 6.20 Å². The molecule has 0 fully saturated rings. The largest absolute Gasteiger partial charge is 0.506 e. The summed E-state index contributed by atoms with van der Waals surface area (Å²) in [5.74, 6) is 0.863. The molecule has 0 atom stereocenters. The SMILES string of the molecule is CC(C)Cc1cncc(O)c1. The highest BCUT2D eigenvalue weighted by molar-refractivity contribution is 5.21. The molecule has 0 amide bonds. The van der Waals surface area contributed by atoms with Gasteiger partial charge in [0.25, 0.3) is 0 Å². The number of rotatable bonds is 2. The van der Waals surface area contributed by atoms with E-state index in [1.54, 1.807) is 12.3 Å². The van der Waals surface area contributed by atoms with Crippen molar-refractivity contribution in [1.82, 2.24) is 4.98 Å². The Morgan fingerprint density at radius 3 is 2.73 bits per heavy atom. The third-order valence-electron chi connectivity index (χ3n) is 1.42. The second kappa shape index (κ2) is 3.37. The van der Waals surface area contributed by atoms with Crippen molar-refractivity contribution in [3.63, 3.8) is 0 Å². The van der Waals surface area contributed by atoms with Gasteiger partial charge >= 0.3 is 0 Å². The molecule has 0 aliphatic heterocycles. The summed E-state index contributed by atoms with van der Waals surface area (Å²) in [6.45, 7) is 4.29. The molecule has 2 heteroatoms. The minimum absolute atomic E-state index is 0.253. The fraction of sp³-hybridized carbons (Fsp3) is 0.444. The molecule has 0 radical (unpaired) electrons. The first kappa shape index (κ1) is 8.05. The Hall–Kier alpha value is -1.05. The van der Waals surface area contributed by atoms with Crippen LogP contribution in [0.2, 0.25) is 0 Å². The Kier molecular flexibility index (Phi) is 2.47. The Balaban J connectivity index is 2.71. The maximum absolute atomic E-state index is 9.06. The first-order valence-electron chi connectivity index (χ1n) is 3.81. The van der Waals surface area contributed by atoms with Crippen molar-refractivity contribution in [2.24, 2.45) is 5.92 Å². The Bertz CT molecular complexity index is 233. The molecule has 0 aliphatic rings. The van der Waals surface area contributed by atoms with Crippen LogP contribution in [0.25, 0.3) is 0 Å². The summed E-state index contributed by atoms with van der Waals surface area (Å²) in [5.41, 5.74) is 1.10. The van der Waals surface area contributed by atoms with Crippen LogP contribution in [0.1, 0.15) is 19.4 Å². The third kappa shape index (κ3) is 2.58. The lowest BCUT2D eigenvalue weighted by atomic mass is 10.1. The van der Waals surface area contributed by atoms with Gasteiger partial charge in [0.1, 0.15) is 5.75 Å². The number of hydrogen-bond donors (Lipinski definition) is 1. The zero-order chi connectivity index (χ0) is 8.27. The molecule has 1 aromatic rings. The van der Waals surface area contributed by atoms with Crippen molar-refractivity contribution in [2.45, 2.75) is 20.3 Å². The van der Waals surface area contributed by atoms with E-state index >= 15 is 0 Å². The Morgan fingerprint density at radius 1 is 1.45 bits per heavy atom. The highest BCUT2D eigenvalue weighted by atomic mass is 16.3. The second-order valence-corrected chi connectivity index (χ2v) is 3.15. The summed E-state index contributed by atoms with van der Waals surface area (Å²) in [6.07, 6.45) is 4.21. The first-order valence-corrected chi connectivity index (χ1v) is 3.81. The smallest absolute Gasteiger partial charge is 0.134 e. The van der Waals surface area contributed by atoms with E-state index in [0.717, 1.165) is 12.0 Å². The van der Waals surface area contributed by atoms with Crippen LogP contribution in [0, 0.1) is 5.92 Å². The molecule has 11 heavy (non-hydrogen) atoms. The number of hydrogen-bond acceptors (Lipinski definition) is 2. The monoisotopic (exact) mass is 151 g/mol. The molecule has 0 unspecified atom stereocenters. The van der Waals surface area contributed by atoms with Gasteiger partial charge < -0.3 is 5.11 Å². The molecule has 0 saturated heterocycles. The molecule has 0 saturated carbocycles. The van der Waals surface area contributed by atoms with E-state index in [0.29, 0.717) is 5.92 Å². The number of aromatic nitrogens is 1. The second-order valence-electron chi connectivity index (χ2n) is 3.15. The van der Waals surface area contributed by atoms with Crippen LogP contribution in [0.5, 0.6) is 5.75 Å². The van der Waals surface area contributed by atoms with Crippen molar-refractivity contribution < 1.29 is 5.11 Å². The van der Waals surface area contributed by atoms with Crippen LogP contribution in [0.4, 0.5) is 0 Å². The summed E-state index contributed by atoms with van der Waals surface area (Å²) >= 11 is 0. The minimum atomic E-state index is 0.253. The van der Waals surface area contributed by atoms with Crippen LogP contribution in [0.3, 0.4) is 0 Å². The standard InChI is InChI=1S/C9H13NO/c1-7(2)3-8-4-9(11)6-10-5-8/h4-7,11H,3H2,1-2H3. The van der Waals surface area contributed by atoms with E-state index in [9.17, 15) is 0 Å². The predicted octanol–water partition coefficient (Wildman–Crippen LogP) is 1.99. The van der Waals surface area contributed by atoms with Crippen molar-refractivity contribution in [2.75, 3.05) is 0 Å². The molecular weight excluding hydrogens is 138 g/mol. The van der Waals surface area contributed by atoms with Gasteiger partial charge in [-0.15, -0.1) is 0 Å². The number of pyridine rings is 1. The molecule has 0 aliphatic carbocycles. The van der Waals surface area contributed by atoms with Gasteiger partial charge in [-0.05, 0) is 24.0 Å². The molecular formula is C9H13NO. The van der Waals surface area contributed by atoms with Crippen molar-refractivity contribution in [3.05, 3.63) is 24.0 Å². The predicted molar refractivity (Wildman–Crippen MR) is 44.4 cm³/mol. The van der Waals surface area contributed by atoms with Gasteiger partial charge in [0.2, 0.25) is 0 Å². The van der Waals surface area contributed by atoms with Crippen LogP contribution in [0.15, 0.2) is 18.5 Å². The lowest BCUT2D eigenvalue weighted by molar-refractivity contribution is 0.471. The van der Waals surface area contributed by atoms with E-state index in [1.165, 1.54) is 6.20 Å². The van der Waals surface area contributed by atoms with E-state index < -0.39 is 0 Å². The van der Waals surface area contributed by atoms with Gasteiger partial charge in [-0.1, -0.05) is 13.8 Å². The Labute approximate surface area is 66.9 Å². The topological polar surface area (TPSA) is 33.1 Å². The van der Waals surface area contributed by atoms with Crippen molar-refractivity contribution >= 4 is 0 Å². The number of aromatic hydroxyl groups is 1. The van der Waals surface area contributed by atoms with E-state index in [2.05, 4.69) is 18.8 Å². The molecule has 1 rings (SSSR count). The Morgan fingerprint density at radius 2 is 2.18 bits per heavy atom. The zero-order valence-electron chi connectivity index (χ0n) is 6.91. The molecule has 1 aromatic heterocycles. The van der Waals surface area contributed by atoms with Crippen molar-refractivity contribution in [1.29, 1.82) is 0 Å². The summed E-state index contributed by atoms with van der Waals surface area (Å²) < 4.78 is 0. The summed E-state index contributed by atoms with van der Waals surface area (Å²) in [6, 6.07) is 1.76. The highest BCUT2D eigenvalue weighted by Gasteiger charge is 1.98. The molecule has 60 valence electrons. The summed E-state index contributed by atoms with van der Waals surface area (Å²) in [7, 11) is 0. The summed E-state index contributed by atoms with van der Waals surface area (Å²) in [5, 5.41) is 9.06. The van der Waals surface area contributed by atoms with Crippen LogP contribution in [-0.4, -0.2) is 10.1 Å². The maximum atomic E-state index is 9.06. The van der Waals surface area contributed by atoms with Gasteiger partial charge in [-0.2, -0.15) is 0 Å². The average Bonchev–Trinajstić information content (AvgIpc) is 1.85. The molecule has 0 bridgehead atoms. The van der Waals surface area contributed by atoms with Gasteiger partial charge in [0.15, 0.2) is 0 Å². The van der Waals surface area contributed by atoms with Crippen LogP contribution >= 0.6 is 0 Å². The zero-order valence-corrected chi connectivity index (χ0v) is 6.91. The lowest BCUT2D eigenvalue weighted by Crippen LogP contribution is -1.93. The molecule has 1 N–H and O–H groups in total. The first-order chi connectivity index (χ1) is 5.18.